The van der Waals surface area contributed by atoms with E-state index in [9.17, 15) is 0 Å². The Labute approximate surface area is 132 Å². The molecule has 1 spiro atoms. The summed E-state index contributed by atoms with van der Waals surface area (Å²) in [5, 5.41) is 0. The topological polar surface area (TPSA) is 56.7 Å². The highest BCUT2D eigenvalue weighted by molar-refractivity contribution is 9.10. The smallest absolute Gasteiger partial charge is 0.232 e. The number of nitrogens with zero attached hydrogens (tertiary/aromatic N) is 3. The van der Waals surface area contributed by atoms with Crippen molar-refractivity contribution in [3.8, 4) is 5.88 Å². The minimum atomic E-state index is -0.324. The summed E-state index contributed by atoms with van der Waals surface area (Å²) in [6, 6.07) is 0.398. The minimum absolute atomic E-state index is 0.324. The maximum Gasteiger partial charge on any atom is 0.232 e. The molecule has 0 unspecified atom stereocenters. The number of halogens is 1. The molecule has 1 aromatic heterocycles. The van der Waals surface area contributed by atoms with Gasteiger partial charge in [0.05, 0.1) is 31.0 Å². The minimum Gasteiger partial charge on any atom is -0.480 e. The Balaban J connectivity index is 1.67. The van der Waals surface area contributed by atoms with Crippen molar-refractivity contribution in [3.05, 3.63) is 10.7 Å². The van der Waals surface area contributed by atoms with Crippen LogP contribution < -0.4 is 9.64 Å². The monoisotopic (exact) mass is 357 g/mol. The van der Waals surface area contributed by atoms with Crippen LogP contribution in [-0.2, 0) is 9.47 Å². The van der Waals surface area contributed by atoms with Crippen LogP contribution in [0.15, 0.2) is 10.7 Å². The van der Waals surface area contributed by atoms with E-state index in [1.165, 1.54) is 0 Å². The highest BCUT2D eigenvalue weighted by Gasteiger charge is 2.41. The zero-order chi connectivity index (χ0) is 14.9. The van der Waals surface area contributed by atoms with Gasteiger partial charge >= 0.3 is 0 Å². The molecule has 116 valence electrons. The zero-order valence-corrected chi connectivity index (χ0v) is 13.9. The van der Waals surface area contributed by atoms with Gasteiger partial charge in [0.1, 0.15) is 0 Å². The van der Waals surface area contributed by atoms with E-state index in [0.29, 0.717) is 31.1 Å². The van der Waals surface area contributed by atoms with E-state index < -0.39 is 0 Å². The third-order valence-electron chi connectivity index (χ3n) is 4.29. The maximum atomic E-state index is 5.77. The SMILES string of the molecule is COc1nc(N(C)C2CCC3(CC2)OCCO3)ncc1Br. The zero-order valence-electron chi connectivity index (χ0n) is 12.3. The molecule has 2 heterocycles. The number of aromatic nitrogens is 2. The van der Waals surface area contributed by atoms with E-state index >= 15 is 0 Å². The van der Waals surface area contributed by atoms with Gasteiger partial charge < -0.3 is 19.1 Å². The van der Waals surface area contributed by atoms with Crippen LogP contribution in [0, 0.1) is 0 Å². The summed E-state index contributed by atoms with van der Waals surface area (Å²) in [6.07, 6.45) is 5.60. The van der Waals surface area contributed by atoms with Crippen LogP contribution in [0.2, 0.25) is 0 Å². The summed E-state index contributed by atoms with van der Waals surface area (Å²) in [4.78, 5) is 10.9. The van der Waals surface area contributed by atoms with Gasteiger partial charge in [-0.2, -0.15) is 4.98 Å². The van der Waals surface area contributed by atoms with Gasteiger partial charge in [-0.1, -0.05) is 0 Å². The first kappa shape index (κ1) is 15.0. The summed E-state index contributed by atoms with van der Waals surface area (Å²) in [5.74, 6) is 0.918. The van der Waals surface area contributed by atoms with E-state index in [1.807, 2.05) is 7.05 Å². The molecule has 7 heteroatoms. The highest BCUT2D eigenvalue weighted by Crippen LogP contribution is 2.37. The summed E-state index contributed by atoms with van der Waals surface area (Å²) in [7, 11) is 3.64. The van der Waals surface area contributed by atoms with Crippen molar-refractivity contribution in [2.24, 2.45) is 0 Å². The average molecular weight is 358 g/mol. The van der Waals surface area contributed by atoms with E-state index in [1.54, 1.807) is 13.3 Å². The number of ether oxygens (including phenoxy) is 3. The van der Waals surface area contributed by atoms with Crippen LogP contribution >= 0.6 is 15.9 Å². The second-order valence-corrected chi connectivity index (χ2v) is 6.33. The molecule has 2 aliphatic rings. The summed E-state index contributed by atoms with van der Waals surface area (Å²) >= 11 is 3.37. The molecule has 0 amide bonds. The first-order valence-electron chi connectivity index (χ1n) is 7.21. The lowest BCUT2D eigenvalue weighted by molar-refractivity contribution is -0.178. The van der Waals surface area contributed by atoms with Gasteiger partial charge in [0.15, 0.2) is 5.79 Å². The molecular formula is C14H20BrN3O3. The maximum absolute atomic E-state index is 5.77. The molecule has 1 aromatic rings. The van der Waals surface area contributed by atoms with Crippen molar-refractivity contribution in [2.45, 2.75) is 37.5 Å². The Hall–Kier alpha value is -0.920. The highest BCUT2D eigenvalue weighted by atomic mass is 79.9. The first-order valence-corrected chi connectivity index (χ1v) is 8.00. The average Bonchev–Trinajstić information content (AvgIpc) is 2.96. The molecule has 0 N–H and O–H groups in total. The van der Waals surface area contributed by atoms with Crippen LogP contribution in [0.25, 0.3) is 0 Å². The molecule has 1 saturated heterocycles. The number of hydrogen-bond donors (Lipinski definition) is 0. The van der Waals surface area contributed by atoms with Crippen LogP contribution in [0.3, 0.4) is 0 Å². The van der Waals surface area contributed by atoms with Gasteiger partial charge in [0.25, 0.3) is 0 Å². The molecule has 1 aliphatic carbocycles. The standard InChI is InChI=1S/C14H20BrN3O3/c1-18(13-16-9-11(15)12(17-13)19-2)10-3-5-14(6-4-10)20-7-8-21-14/h9-10H,3-8H2,1-2H3. The summed E-state index contributed by atoms with van der Waals surface area (Å²) in [5.41, 5.74) is 0. The second-order valence-electron chi connectivity index (χ2n) is 5.48. The van der Waals surface area contributed by atoms with E-state index in [0.717, 1.165) is 30.2 Å². The predicted octanol–water partition coefficient (Wildman–Crippen LogP) is 2.37. The lowest BCUT2D eigenvalue weighted by Crippen LogP contribution is -2.43. The quantitative estimate of drug-likeness (QED) is 0.827. The lowest BCUT2D eigenvalue weighted by atomic mass is 9.89. The van der Waals surface area contributed by atoms with Crippen molar-refractivity contribution >= 4 is 21.9 Å². The second kappa shape index (κ2) is 6.06. The van der Waals surface area contributed by atoms with Crippen molar-refractivity contribution in [1.82, 2.24) is 9.97 Å². The lowest BCUT2D eigenvalue weighted by Gasteiger charge is -2.39. The normalized spacial score (nSPS) is 21.7. The number of hydrogen-bond acceptors (Lipinski definition) is 6. The van der Waals surface area contributed by atoms with Crippen molar-refractivity contribution in [3.63, 3.8) is 0 Å². The Kier molecular flexibility index (Phi) is 4.33. The van der Waals surface area contributed by atoms with Crippen LogP contribution in [0.5, 0.6) is 5.88 Å². The van der Waals surface area contributed by atoms with Gasteiger partial charge in [-0.25, -0.2) is 4.98 Å². The van der Waals surface area contributed by atoms with E-state index in [4.69, 9.17) is 14.2 Å². The van der Waals surface area contributed by atoms with Crippen LogP contribution in [-0.4, -0.2) is 49.2 Å². The molecule has 0 atom stereocenters. The van der Waals surface area contributed by atoms with Crippen molar-refractivity contribution in [1.29, 1.82) is 0 Å². The number of anilines is 1. The molecule has 0 aromatic carbocycles. The van der Waals surface area contributed by atoms with Crippen LogP contribution in [0.4, 0.5) is 5.95 Å². The van der Waals surface area contributed by atoms with Crippen molar-refractivity contribution < 1.29 is 14.2 Å². The third kappa shape index (κ3) is 3.00. The Morgan fingerprint density at radius 3 is 2.62 bits per heavy atom. The van der Waals surface area contributed by atoms with Gasteiger partial charge in [-0.05, 0) is 28.8 Å². The molecule has 2 fully saturated rings. The first-order chi connectivity index (χ1) is 10.1. The molecule has 3 rings (SSSR count). The van der Waals surface area contributed by atoms with Gasteiger partial charge in [-0.15, -0.1) is 0 Å². The number of rotatable bonds is 3. The third-order valence-corrected chi connectivity index (χ3v) is 4.83. The molecule has 21 heavy (non-hydrogen) atoms. The van der Waals surface area contributed by atoms with Gasteiger partial charge in [0, 0.05) is 25.9 Å². The van der Waals surface area contributed by atoms with Crippen LogP contribution in [0.1, 0.15) is 25.7 Å². The Morgan fingerprint density at radius 1 is 1.33 bits per heavy atom. The molecular weight excluding hydrogens is 338 g/mol. The molecule has 1 aliphatic heterocycles. The number of methoxy groups -OCH3 is 1. The van der Waals surface area contributed by atoms with Gasteiger partial charge in [0.2, 0.25) is 11.8 Å². The Bertz CT molecular complexity index is 498. The summed E-state index contributed by atoms with van der Waals surface area (Å²) in [6.45, 7) is 1.43. The largest absolute Gasteiger partial charge is 0.480 e. The molecule has 1 saturated carbocycles. The van der Waals surface area contributed by atoms with E-state index in [2.05, 4.69) is 30.8 Å². The van der Waals surface area contributed by atoms with Gasteiger partial charge in [-0.3, -0.25) is 0 Å². The van der Waals surface area contributed by atoms with Crippen molar-refractivity contribution in [2.75, 3.05) is 32.3 Å². The predicted molar refractivity (Wildman–Crippen MR) is 81.6 cm³/mol. The molecule has 6 nitrogen and oxygen atoms in total. The Morgan fingerprint density at radius 2 is 2.00 bits per heavy atom. The fraction of sp³-hybridized carbons (Fsp3) is 0.714. The molecule has 0 radical (unpaired) electrons. The summed E-state index contributed by atoms with van der Waals surface area (Å²) < 4.78 is 17.5. The molecule has 0 bridgehead atoms. The fourth-order valence-corrected chi connectivity index (χ4v) is 3.39. The fourth-order valence-electron chi connectivity index (χ4n) is 3.03. The van der Waals surface area contributed by atoms with E-state index in [-0.39, 0.29) is 5.79 Å².